The number of halogens is 1. The van der Waals surface area contributed by atoms with E-state index in [0.29, 0.717) is 26.7 Å². The Morgan fingerprint density at radius 2 is 2.00 bits per heavy atom. The van der Waals surface area contributed by atoms with Crippen LogP contribution in [-0.2, 0) is 0 Å². The van der Waals surface area contributed by atoms with Crippen LogP contribution in [0.25, 0.3) is 11.0 Å². The average Bonchev–Trinajstić information content (AvgIpc) is 3.12. The monoisotopic (exact) mass is 435 g/mol. The predicted molar refractivity (Wildman–Crippen MR) is 117 cm³/mol. The summed E-state index contributed by atoms with van der Waals surface area (Å²) in [4.78, 5) is 28.7. The number of furan rings is 1. The van der Waals surface area contributed by atoms with Crippen molar-refractivity contribution in [1.29, 1.82) is 0 Å². The number of urea groups is 1. The van der Waals surface area contributed by atoms with Crippen LogP contribution in [0.5, 0.6) is 5.75 Å². The van der Waals surface area contributed by atoms with E-state index < -0.39 is 11.9 Å². The van der Waals surface area contributed by atoms with Crippen LogP contribution in [0.15, 0.2) is 53.2 Å². The number of rotatable bonds is 6. The fraction of sp³-hybridized carbons (Fsp3) is 0.250. The van der Waals surface area contributed by atoms with Gasteiger partial charge in [0, 0.05) is 23.5 Å². The molecule has 0 aliphatic carbocycles. The molecule has 0 saturated heterocycles. The van der Waals surface area contributed by atoms with Gasteiger partial charge in [-0.3, -0.25) is 9.78 Å². The van der Waals surface area contributed by atoms with E-state index in [1.54, 1.807) is 42.7 Å². The number of carbonyl (C=O) groups is 2. The number of fused-ring (bicyclic) bond motifs is 1. The lowest BCUT2D eigenvalue weighted by molar-refractivity contribution is 0.0875. The van der Waals surface area contributed by atoms with Gasteiger partial charge in [0.2, 0.25) is 0 Å². The molecule has 2 heterocycles. The molecule has 1 unspecified atom stereocenters. The van der Waals surface area contributed by atoms with Crippen LogP contribution in [0.1, 0.15) is 37.2 Å². The first-order valence-corrected chi connectivity index (χ1v) is 9.32. The second kappa shape index (κ2) is 10.2. The van der Waals surface area contributed by atoms with E-state index in [1.807, 2.05) is 6.92 Å². The number of anilines is 1. The highest BCUT2D eigenvalue weighted by molar-refractivity contribution is 7.79. The maximum atomic E-state index is 12.4. The molecule has 3 amide bonds. The van der Waals surface area contributed by atoms with Crippen molar-refractivity contribution in [1.82, 2.24) is 9.29 Å². The Balaban J connectivity index is 0.00000300. The molecule has 0 aliphatic rings. The second-order valence-electron chi connectivity index (χ2n) is 6.31. The van der Waals surface area contributed by atoms with Gasteiger partial charge in [-0.1, -0.05) is 26.2 Å². The normalized spacial score (nSPS) is 11.4. The maximum Gasteiger partial charge on any atom is 0.339 e. The second-order valence-corrected chi connectivity index (χ2v) is 6.71. The molecule has 29 heavy (non-hydrogen) atoms. The summed E-state index contributed by atoms with van der Waals surface area (Å²) in [6.45, 7) is 4.11. The van der Waals surface area contributed by atoms with Crippen molar-refractivity contribution in [2.24, 2.45) is 0 Å². The van der Waals surface area contributed by atoms with E-state index in [0.717, 1.165) is 12.8 Å². The summed E-state index contributed by atoms with van der Waals surface area (Å²) in [5.74, 6) is 0.0424. The summed E-state index contributed by atoms with van der Waals surface area (Å²) in [6, 6.07) is 9.39. The van der Waals surface area contributed by atoms with Crippen molar-refractivity contribution < 1.29 is 18.7 Å². The molecular weight excluding hydrogens is 414 g/mol. The highest BCUT2D eigenvalue weighted by atomic mass is 35.5. The molecule has 0 spiro atoms. The number of thiol groups is 1. The molecule has 3 rings (SSSR count). The van der Waals surface area contributed by atoms with Crippen LogP contribution < -0.4 is 10.1 Å². The average molecular weight is 436 g/mol. The largest absolute Gasteiger partial charge is 0.491 e. The minimum atomic E-state index is -0.695. The van der Waals surface area contributed by atoms with Gasteiger partial charge in [-0.05, 0) is 49.7 Å². The lowest BCUT2D eigenvalue weighted by atomic mass is 10.2. The highest BCUT2D eigenvalue weighted by Crippen LogP contribution is 2.21. The minimum Gasteiger partial charge on any atom is -0.491 e. The number of nitrogens with one attached hydrogen (secondary N) is 1. The molecule has 1 aromatic carbocycles. The first-order chi connectivity index (χ1) is 13.5. The Bertz CT molecular complexity index is 944. The molecular formula is C20H22ClN3O4S. The van der Waals surface area contributed by atoms with Gasteiger partial charge in [0.05, 0.1) is 6.10 Å². The van der Waals surface area contributed by atoms with Crippen molar-refractivity contribution in [3.8, 4) is 5.75 Å². The van der Waals surface area contributed by atoms with Gasteiger partial charge in [-0.2, -0.15) is 0 Å². The van der Waals surface area contributed by atoms with Crippen LogP contribution in [0, 0.1) is 0 Å². The lowest BCUT2D eigenvalue weighted by Gasteiger charge is -2.15. The van der Waals surface area contributed by atoms with E-state index in [9.17, 15) is 9.59 Å². The van der Waals surface area contributed by atoms with Gasteiger partial charge in [0.15, 0.2) is 5.76 Å². The number of carbonyl (C=O) groups excluding carboxylic acids is 2. The van der Waals surface area contributed by atoms with Crippen molar-refractivity contribution in [2.45, 2.75) is 32.8 Å². The molecule has 3 aromatic rings. The van der Waals surface area contributed by atoms with E-state index >= 15 is 0 Å². The summed E-state index contributed by atoms with van der Waals surface area (Å²) in [5, 5.41) is 3.28. The number of ether oxygens (including phenoxy) is 1. The van der Waals surface area contributed by atoms with E-state index in [4.69, 9.17) is 9.15 Å². The number of pyridine rings is 1. The third-order valence-electron chi connectivity index (χ3n) is 4.05. The number of hydrogen-bond donors (Lipinski definition) is 2. The Hall–Kier alpha value is -2.71. The van der Waals surface area contributed by atoms with Crippen LogP contribution in [0.4, 0.5) is 10.5 Å². The van der Waals surface area contributed by atoms with Crippen molar-refractivity contribution in [3.05, 3.63) is 54.6 Å². The van der Waals surface area contributed by atoms with Crippen molar-refractivity contribution in [2.75, 3.05) is 5.32 Å². The topological polar surface area (TPSA) is 84.7 Å². The number of imide groups is 1. The lowest BCUT2D eigenvalue weighted by Crippen LogP contribution is -2.32. The predicted octanol–water partition coefficient (Wildman–Crippen LogP) is 5.34. The third kappa shape index (κ3) is 5.65. The minimum absolute atomic E-state index is 0. The number of amides is 3. The third-order valence-corrected chi connectivity index (χ3v) is 4.41. The zero-order valence-electron chi connectivity index (χ0n) is 16.0. The fourth-order valence-electron chi connectivity index (χ4n) is 2.68. The Kier molecular flexibility index (Phi) is 7.92. The number of aromatic nitrogens is 1. The van der Waals surface area contributed by atoms with Crippen molar-refractivity contribution >= 4 is 53.8 Å². The first-order valence-electron chi connectivity index (χ1n) is 8.92. The maximum absolute atomic E-state index is 12.4. The van der Waals surface area contributed by atoms with Crippen LogP contribution in [0.3, 0.4) is 0 Å². The molecule has 0 fully saturated rings. The van der Waals surface area contributed by atoms with Gasteiger partial charge in [0.25, 0.3) is 0 Å². The molecule has 1 atom stereocenters. The molecule has 0 radical (unpaired) electrons. The Morgan fingerprint density at radius 1 is 1.28 bits per heavy atom. The molecule has 0 saturated carbocycles. The molecule has 0 bridgehead atoms. The Morgan fingerprint density at radius 3 is 2.66 bits per heavy atom. The van der Waals surface area contributed by atoms with Crippen molar-refractivity contribution in [3.63, 3.8) is 0 Å². The quantitative estimate of drug-likeness (QED) is 0.511. The molecule has 1 N–H and O–H groups in total. The summed E-state index contributed by atoms with van der Waals surface area (Å²) >= 11 is 4.00. The van der Waals surface area contributed by atoms with Gasteiger partial charge in [0.1, 0.15) is 11.3 Å². The summed E-state index contributed by atoms with van der Waals surface area (Å²) in [5.41, 5.74) is 1.02. The van der Waals surface area contributed by atoms with Gasteiger partial charge >= 0.3 is 11.9 Å². The summed E-state index contributed by atoms with van der Waals surface area (Å²) in [7, 11) is 0. The molecule has 7 nitrogen and oxygen atoms in total. The highest BCUT2D eigenvalue weighted by Gasteiger charge is 2.23. The van der Waals surface area contributed by atoms with Gasteiger partial charge < -0.3 is 14.5 Å². The molecule has 154 valence electrons. The molecule has 2 aromatic heterocycles. The van der Waals surface area contributed by atoms with E-state index in [2.05, 4.69) is 30.0 Å². The smallest absolute Gasteiger partial charge is 0.339 e. The SMILES string of the molecule is CCCC(C)Oc1ccc(NC(=O)N(S)C(=O)c2cc3cnccc3o2)cc1.Cl. The zero-order valence-corrected chi connectivity index (χ0v) is 17.7. The Labute approximate surface area is 180 Å². The number of nitrogens with zero attached hydrogens (tertiary/aromatic N) is 2. The standard InChI is InChI=1S/C20H21N3O4S.ClH/c1-3-4-13(2)26-16-7-5-15(6-8-16)22-20(25)23(28)19(24)18-11-14-12-21-10-9-17(14)27-18;/h5-13,28H,3-4H2,1-2H3,(H,22,25);1H. The zero-order chi connectivity index (χ0) is 20.1. The molecule has 0 aliphatic heterocycles. The van der Waals surface area contributed by atoms with Crippen LogP contribution >= 0.6 is 25.2 Å². The summed E-state index contributed by atoms with van der Waals surface area (Å²) in [6.07, 6.45) is 5.26. The van der Waals surface area contributed by atoms with E-state index in [1.165, 1.54) is 6.07 Å². The number of hydrogen-bond acceptors (Lipinski definition) is 6. The van der Waals surface area contributed by atoms with Crippen LogP contribution in [-0.4, -0.2) is 27.3 Å². The fourth-order valence-corrected chi connectivity index (χ4v) is 2.83. The summed E-state index contributed by atoms with van der Waals surface area (Å²) < 4.78 is 11.9. The van der Waals surface area contributed by atoms with Gasteiger partial charge in [-0.25, -0.2) is 9.10 Å². The molecule has 9 heteroatoms. The van der Waals surface area contributed by atoms with E-state index in [-0.39, 0.29) is 24.3 Å². The first kappa shape index (κ1) is 22.6. The number of benzene rings is 1. The van der Waals surface area contributed by atoms with Crippen LogP contribution in [0.2, 0.25) is 0 Å². The van der Waals surface area contributed by atoms with Gasteiger partial charge in [-0.15, -0.1) is 12.4 Å².